The van der Waals surface area contributed by atoms with Crippen LogP contribution < -0.4 is 5.73 Å². The highest BCUT2D eigenvalue weighted by atomic mass is 79.9. The molecule has 1 heterocycles. The van der Waals surface area contributed by atoms with Gasteiger partial charge in [-0.15, -0.1) is 11.3 Å². The Labute approximate surface area is 88.1 Å². The molecule has 0 aromatic carbocycles. The summed E-state index contributed by atoms with van der Waals surface area (Å²) in [5, 5.41) is 1.71. The molecule has 13 heavy (non-hydrogen) atoms. The summed E-state index contributed by atoms with van der Waals surface area (Å²) in [6.45, 7) is 1.79. The molecule has 0 saturated heterocycles. The lowest BCUT2D eigenvalue weighted by molar-refractivity contribution is -0.00752. The Bertz CT molecular complexity index is 298. The third kappa shape index (κ3) is 2.27. The van der Waals surface area contributed by atoms with Crippen LogP contribution in [-0.2, 0) is 5.92 Å². The number of hydrogen-bond acceptors (Lipinski definition) is 2. The average molecular weight is 270 g/mol. The minimum absolute atomic E-state index is 0.00358. The van der Waals surface area contributed by atoms with Crippen LogP contribution in [0.2, 0.25) is 0 Å². The summed E-state index contributed by atoms with van der Waals surface area (Å²) in [5.41, 5.74) is 5.96. The predicted octanol–water partition coefficient (Wildman–Crippen LogP) is 3.26. The molecule has 1 aromatic heterocycles. The van der Waals surface area contributed by atoms with E-state index in [4.69, 9.17) is 5.73 Å². The second-order valence-electron chi connectivity index (χ2n) is 2.80. The van der Waals surface area contributed by atoms with E-state index in [0.29, 0.717) is 4.47 Å². The van der Waals surface area contributed by atoms with Crippen molar-refractivity contribution in [2.45, 2.75) is 19.3 Å². The molecule has 1 nitrogen and oxygen atoms in total. The number of alkyl halides is 2. The van der Waals surface area contributed by atoms with Crippen molar-refractivity contribution >= 4 is 27.3 Å². The van der Waals surface area contributed by atoms with Gasteiger partial charge in [-0.05, 0) is 40.3 Å². The Morgan fingerprint density at radius 3 is 2.62 bits per heavy atom. The molecule has 0 radical (unpaired) electrons. The van der Waals surface area contributed by atoms with Crippen molar-refractivity contribution in [2.75, 3.05) is 6.54 Å². The number of nitrogens with two attached hydrogens (primary N) is 1. The zero-order valence-corrected chi connectivity index (χ0v) is 9.51. The molecule has 0 amide bonds. The van der Waals surface area contributed by atoms with Crippen molar-refractivity contribution in [1.29, 1.82) is 0 Å². The molecule has 0 fully saturated rings. The van der Waals surface area contributed by atoms with E-state index in [-0.39, 0.29) is 17.8 Å². The monoisotopic (exact) mass is 269 g/mol. The fourth-order valence-corrected chi connectivity index (χ4v) is 2.76. The van der Waals surface area contributed by atoms with Crippen molar-refractivity contribution in [3.8, 4) is 0 Å². The molecule has 1 rings (SSSR count). The van der Waals surface area contributed by atoms with Gasteiger partial charge in [-0.25, -0.2) is 8.78 Å². The topological polar surface area (TPSA) is 26.0 Å². The maximum absolute atomic E-state index is 13.3. The lowest BCUT2D eigenvalue weighted by Gasteiger charge is -2.13. The zero-order chi connectivity index (χ0) is 10.1. The summed E-state index contributed by atoms with van der Waals surface area (Å²) in [4.78, 5) is 0.0791. The highest BCUT2D eigenvalue weighted by Crippen LogP contribution is 2.41. The first-order valence-electron chi connectivity index (χ1n) is 3.81. The molecule has 1 aromatic rings. The van der Waals surface area contributed by atoms with Gasteiger partial charge in [0.2, 0.25) is 0 Å². The van der Waals surface area contributed by atoms with E-state index in [0.717, 1.165) is 16.9 Å². The van der Waals surface area contributed by atoms with Gasteiger partial charge in [0.15, 0.2) is 0 Å². The molecule has 0 aliphatic carbocycles. The maximum atomic E-state index is 13.3. The standard InChI is InChI=1S/C8H10BrF2NS/c1-5-4-13-7(6(5)9)8(10,11)2-3-12/h4H,2-3,12H2,1H3. The van der Waals surface area contributed by atoms with Crippen molar-refractivity contribution in [3.63, 3.8) is 0 Å². The Morgan fingerprint density at radius 1 is 1.62 bits per heavy atom. The first-order valence-corrected chi connectivity index (χ1v) is 5.48. The molecule has 0 unspecified atom stereocenters. The van der Waals surface area contributed by atoms with Gasteiger partial charge in [0.05, 0.1) is 4.88 Å². The van der Waals surface area contributed by atoms with E-state index in [2.05, 4.69) is 15.9 Å². The van der Waals surface area contributed by atoms with Crippen LogP contribution in [-0.4, -0.2) is 6.54 Å². The molecule has 0 aliphatic heterocycles. The minimum atomic E-state index is -2.80. The third-order valence-electron chi connectivity index (χ3n) is 1.69. The van der Waals surface area contributed by atoms with Gasteiger partial charge in [-0.3, -0.25) is 0 Å². The van der Waals surface area contributed by atoms with Crippen molar-refractivity contribution < 1.29 is 8.78 Å². The molecule has 0 bridgehead atoms. The Kier molecular flexibility index (Phi) is 3.43. The van der Waals surface area contributed by atoms with E-state index in [1.54, 1.807) is 12.3 Å². The van der Waals surface area contributed by atoms with Gasteiger partial charge in [0.1, 0.15) is 0 Å². The SMILES string of the molecule is Cc1csc(C(F)(F)CCN)c1Br. The van der Waals surface area contributed by atoms with Crippen LogP contribution in [0.4, 0.5) is 8.78 Å². The third-order valence-corrected chi connectivity index (χ3v) is 4.18. The van der Waals surface area contributed by atoms with Crippen molar-refractivity contribution in [2.24, 2.45) is 5.73 Å². The number of aryl methyl sites for hydroxylation is 1. The van der Waals surface area contributed by atoms with E-state index in [1.165, 1.54) is 0 Å². The van der Waals surface area contributed by atoms with Crippen LogP contribution in [0.1, 0.15) is 16.9 Å². The fraction of sp³-hybridized carbons (Fsp3) is 0.500. The van der Waals surface area contributed by atoms with E-state index in [1.807, 2.05) is 0 Å². The van der Waals surface area contributed by atoms with Gasteiger partial charge in [-0.1, -0.05) is 0 Å². The second-order valence-corrected chi connectivity index (χ2v) is 4.48. The van der Waals surface area contributed by atoms with Crippen LogP contribution in [0.25, 0.3) is 0 Å². The van der Waals surface area contributed by atoms with Crippen molar-refractivity contribution in [1.82, 2.24) is 0 Å². The number of rotatable bonds is 3. The highest BCUT2D eigenvalue weighted by molar-refractivity contribution is 9.10. The smallest absolute Gasteiger partial charge is 0.284 e. The van der Waals surface area contributed by atoms with Crippen LogP contribution in [0.5, 0.6) is 0 Å². The number of hydrogen-bond donors (Lipinski definition) is 1. The average Bonchev–Trinajstić information content (AvgIpc) is 2.33. The van der Waals surface area contributed by atoms with E-state index < -0.39 is 5.92 Å². The van der Waals surface area contributed by atoms with Gasteiger partial charge < -0.3 is 5.73 Å². The summed E-state index contributed by atoms with van der Waals surface area (Å²) in [7, 11) is 0. The van der Waals surface area contributed by atoms with Gasteiger partial charge >= 0.3 is 0 Å². The second kappa shape index (κ2) is 4.02. The van der Waals surface area contributed by atoms with Gasteiger partial charge in [0, 0.05) is 10.9 Å². The number of thiophene rings is 1. The van der Waals surface area contributed by atoms with Gasteiger partial charge in [0.25, 0.3) is 5.92 Å². The normalized spacial score (nSPS) is 12.1. The summed E-state index contributed by atoms with van der Waals surface area (Å²) in [6, 6.07) is 0. The van der Waals surface area contributed by atoms with Crippen LogP contribution >= 0.6 is 27.3 Å². The molecule has 0 saturated carbocycles. The first kappa shape index (κ1) is 11.1. The summed E-state index contributed by atoms with van der Waals surface area (Å²) >= 11 is 4.22. The number of halogens is 3. The maximum Gasteiger partial charge on any atom is 0.284 e. The zero-order valence-electron chi connectivity index (χ0n) is 7.11. The fourth-order valence-electron chi connectivity index (χ4n) is 0.971. The lowest BCUT2D eigenvalue weighted by atomic mass is 10.2. The molecule has 2 N–H and O–H groups in total. The van der Waals surface area contributed by atoms with E-state index >= 15 is 0 Å². The van der Waals surface area contributed by atoms with Crippen LogP contribution in [0.3, 0.4) is 0 Å². The predicted molar refractivity (Wildman–Crippen MR) is 54.3 cm³/mol. The van der Waals surface area contributed by atoms with Crippen molar-refractivity contribution in [3.05, 3.63) is 20.3 Å². The Hall–Kier alpha value is -0.0000000000000000555. The quantitative estimate of drug-likeness (QED) is 0.896. The molecule has 74 valence electrons. The molecular weight excluding hydrogens is 260 g/mol. The first-order chi connectivity index (χ1) is 5.99. The molecule has 5 heteroatoms. The Morgan fingerprint density at radius 2 is 2.23 bits per heavy atom. The molecule has 0 aliphatic rings. The summed E-state index contributed by atoms with van der Waals surface area (Å²) < 4.78 is 27.2. The Balaban J connectivity index is 2.99. The molecule has 0 atom stereocenters. The largest absolute Gasteiger partial charge is 0.330 e. The molecule has 0 spiro atoms. The highest BCUT2D eigenvalue weighted by Gasteiger charge is 2.34. The summed E-state index contributed by atoms with van der Waals surface area (Å²) in [5.74, 6) is -2.80. The summed E-state index contributed by atoms with van der Waals surface area (Å²) in [6.07, 6.45) is -0.300. The lowest BCUT2D eigenvalue weighted by Crippen LogP contribution is -2.17. The van der Waals surface area contributed by atoms with Crippen LogP contribution in [0, 0.1) is 6.92 Å². The minimum Gasteiger partial charge on any atom is -0.330 e. The molecular formula is C8H10BrF2NS. The van der Waals surface area contributed by atoms with Crippen LogP contribution in [0.15, 0.2) is 9.85 Å². The van der Waals surface area contributed by atoms with Gasteiger partial charge in [-0.2, -0.15) is 0 Å². The van der Waals surface area contributed by atoms with E-state index in [9.17, 15) is 8.78 Å².